The molecule has 0 spiro atoms. The molecule has 0 bridgehead atoms. The maximum Gasteiger partial charge on any atom is 0.282 e. The Morgan fingerprint density at radius 3 is 2.81 bits per heavy atom. The summed E-state index contributed by atoms with van der Waals surface area (Å²) >= 11 is 5.99. The minimum absolute atomic E-state index is 0.0883. The van der Waals surface area contributed by atoms with Gasteiger partial charge in [-0.1, -0.05) is 42.8 Å². The van der Waals surface area contributed by atoms with E-state index in [0.29, 0.717) is 11.3 Å². The van der Waals surface area contributed by atoms with E-state index >= 15 is 0 Å². The Bertz CT molecular complexity index is 1180. The molecular formula is C21H21ClFN3O4S. The number of aromatic nitrogens is 2. The molecule has 0 fully saturated rings. The first-order chi connectivity index (χ1) is 14.8. The number of carbonyl (C=O) groups is 1. The Hall–Kier alpha value is -2.49. The van der Waals surface area contributed by atoms with Gasteiger partial charge in [0.1, 0.15) is 5.82 Å². The van der Waals surface area contributed by atoms with Crippen molar-refractivity contribution in [2.75, 3.05) is 6.61 Å². The fourth-order valence-corrected chi connectivity index (χ4v) is 5.34. The third-order valence-corrected chi connectivity index (χ3v) is 7.56. The van der Waals surface area contributed by atoms with Crippen LogP contribution in [0.3, 0.4) is 0 Å². The first kappa shape index (κ1) is 21.7. The highest BCUT2D eigenvalue weighted by molar-refractivity contribution is 7.93. The van der Waals surface area contributed by atoms with E-state index in [2.05, 4.69) is 5.10 Å². The van der Waals surface area contributed by atoms with Gasteiger partial charge in [0.25, 0.3) is 10.0 Å². The van der Waals surface area contributed by atoms with Crippen LogP contribution in [-0.4, -0.2) is 40.1 Å². The zero-order valence-corrected chi connectivity index (χ0v) is 18.3. The molecule has 1 N–H and O–H groups in total. The number of aliphatic hydroxyl groups is 1. The second-order valence-corrected chi connectivity index (χ2v) is 9.73. The topological polar surface area (TPSA) is 92.5 Å². The van der Waals surface area contributed by atoms with Crippen LogP contribution in [0.2, 0.25) is 5.02 Å². The highest BCUT2D eigenvalue weighted by Crippen LogP contribution is 2.32. The average molecular weight is 466 g/mol. The van der Waals surface area contributed by atoms with Gasteiger partial charge in [-0.05, 0) is 30.0 Å². The van der Waals surface area contributed by atoms with E-state index in [9.17, 15) is 22.7 Å². The number of nitrogens with zero attached hydrogens (tertiary/aromatic N) is 3. The highest BCUT2D eigenvalue weighted by Gasteiger charge is 2.34. The number of hydrogen-bond acceptors (Lipinski definition) is 5. The van der Waals surface area contributed by atoms with Gasteiger partial charge in [-0.2, -0.15) is 17.6 Å². The Morgan fingerprint density at radius 2 is 2.16 bits per heavy atom. The molecule has 0 saturated carbocycles. The molecule has 31 heavy (non-hydrogen) atoms. The van der Waals surface area contributed by atoms with Crippen LogP contribution in [0.15, 0.2) is 47.5 Å². The summed E-state index contributed by atoms with van der Waals surface area (Å²) in [6.45, 7) is 1.67. The maximum atomic E-state index is 13.8. The van der Waals surface area contributed by atoms with Crippen molar-refractivity contribution in [1.82, 2.24) is 14.1 Å². The summed E-state index contributed by atoms with van der Waals surface area (Å²) in [6, 6.07) is 4.10. The predicted molar refractivity (Wildman–Crippen MR) is 113 cm³/mol. The molecular weight excluding hydrogens is 445 g/mol. The number of halogens is 2. The van der Waals surface area contributed by atoms with Gasteiger partial charge in [0, 0.05) is 18.3 Å². The second-order valence-electron chi connectivity index (χ2n) is 7.55. The molecule has 4 rings (SSSR count). The quantitative estimate of drug-likeness (QED) is 0.708. The summed E-state index contributed by atoms with van der Waals surface area (Å²) in [5, 5.41) is 13.8. The Kier molecular flexibility index (Phi) is 5.76. The molecule has 0 saturated heterocycles. The average Bonchev–Trinajstić information content (AvgIpc) is 3.46. The van der Waals surface area contributed by atoms with Crippen molar-refractivity contribution < 1.29 is 22.7 Å². The van der Waals surface area contributed by atoms with Crippen LogP contribution in [-0.2, 0) is 27.9 Å². The van der Waals surface area contributed by atoms with Crippen molar-refractivity contribution in [3.63, 3.8) is 0 Å². The molecule has 1 aliphatic heterocycles. The fraction of sp³-hybridized carbons (Fsp3) is 0.333. The van der Waals surface area contributed by atoms with E-state index in [0.717, 1.165) is 10.5 Å². The van der Waals surface area contributed by atoms with E-state index in [4.69, 9.17) is 11.6 Å². The number of benzene rings is 1. The molecule has 7 nitrogen and oxygen atoms in total. The zero-order valence-electron chi connectivity index (χ0n) is 16.7. The van der Waals surface area contributed by atoms with Gasteiger partial charge in [-0.3, -0.25) is 4.79 Å². The van der Waals surface area contributed by atoms with E-state index in [-0.39, 0.29) is 34.5 Å². The van der Waals surface area contributed by atoms with Gasteiger partial charge >= 0.3 is 0 Å². The van der Waals surface area contributed by atoms with E-state index in [1.807, 2.05) is 13.0 Å². The third kappa shape index (κ3) is 3.81. The number of rotatable bonds is 6. The van der Waals surface area contributed by atoms with Gasteiger partial charge in [0.05, 0.1) is 34.7 Å². The normalized spacial score (nSPS) is 18.9. The van der Waals surface area contributed by atoms with Crippen molar-refractivity contribution in [3.8, 4) is 0 Å². The van der Waals surface area contributed by atoms with Crippen LogP contribution >= 0.6 is 11.6 Å². The van der Waals surface area contributed by atoms with Crippen molar-refractivity contribution in [2.45, 2.75) is 32.4 Å². The van der Waals surface area contributed by atoms with Crippen LogP contribution in [0.5, 0.6) is 0 Å². The highest BCUT2D eigenvalue weighted by atomic mass is 35.5. The smallest absolute Gasteiger partial charge is 0.282 e. The number of allylic oxidation sites excluding steroid dienone is 3. The lowest BCUT2D eigenvalue weighted by molar-refractivity contribution is -0.134. The molecule has 2 aliphatic rings. The van der Waals surface area contributed by atoms with E-state index in [1.165, 1.54) is 29.3 Å². The van der Waals surface area contributed by atoms with Crippen molar-refractivity contribution in [2.24, 2.45) is 5.92 Å². The van der Waals surface area contributed by atoms with Gasteiger partial charge in [0.2, 0.25) is 5.91 Å². The standard InChI is InChI=1S/C21H21ClFN3O4S/c1-2-13-6-7-15(8-13)31(29,30)26-10-14-9-25(11-19(14)24-26)21(28)17(12-27)16-4-3-5-18(23)20(16)22/h3-8,10,13,17,27H,2,9,11-12H2,1H3/t13?,17-/m0/s1. The summed E-state index contributed by atoms with van der Waals surface area (Å²) in [6.07, 6.45) is 7.35. The van der Waals surface area contributed by atoms with E-state index < -0.39 is 34.3 Å². The van der Waals surface area contributed by atoms with Crippen molar-refractivity contribution in [1.29, 1.82) is 0 Å². The van der Waals surface area contributed by atoms with Gasteiger partial charge in [-0.15, -0.1) is 0 Å². The molecule has 1 amide bonds. The minimum Gasteiger partial charge on any atom is -0.395 e. The number of carbonyl (C=O) groups excluding carboxylic acids is 1. The lowest BCUT2D eigenvalue weighted by atomic mass is 9.98. The molecule has 1 unspecified atom stereocenters. The summed E-state index contributed by atoms with van der Waals surface area (Å²) in [5.74, 6) is -2.04. The fourth-order valence-electron chi connectivity index (χ4n) is 3.80. The first-order valence-electron chi connectivity index (χ1n) is 9.82. The van der Waals surface area contributed by atoms with Crippen LogP contribution in [0.25, 0.3) is 0 Å². The summed E-state index contributed by atoms with van der Waals surface area (Å²) in [7, 11) is -3.79. The number of amides is 1. The monoisotopic (exact) mass is 465 g/mol. The van der Waals surface area contributed by atoms with E-state index in [1.54, 1.807) is 12.2 Å². The minimum atomic E-state index is -3.79. The van der Waals surface area contributed by atoms with Gasteiger partial charge < -0.3 is 10.0 Å². The van der Waals surface area contributed by atoms with Crippen LogP contribution in [0.1, 0.15) is 36.1 Å². The zero-order chi connectivity index (χ0) is 22.3. The molecule has 2 heterocycles. The van der Waals surface area contributed by atoms with Crippen LogP contribution < -0.4 is 0 Å². The molecule has 164 valence electrons. The Morgan fingerprint density at radius 1 is 1.39 bits per heavy atom. The lowest BCUT2D eigenvalue weighted by Gasteiger charge is -2.23. The summed E-state index contributed by atoms with van der Waals surface area (Å²) < 4.78 is 40.4. The van der Waals surface area contributed by atoms with Crippen molar-refractivity contribution >= 4 is 27.5 Å². The molecule has 0 radical (unpaired) electrons. The Labute approximate surface area is 184 Å². The Balaban J connectivity index is 1.54. The summed E-state index contributed by atoms with van der Waals surface area (Å²) in [4.78, 5) is 14.6. The van der Waals surface area contributed by atoms with Crippen LogP contribution in [0, 0.1) is 11.7 Å². The van der Waals surface area contributed by atoms with Crippen molar-refractivity contribution in [3.05, 3.63) is 75.2 Å². The first-order valence-corrected chi connectivity index (χ1v) is 11.6. The molecule has 10 heteroatoms. The number of fused-ring (bicyclic) bond motifs is 1. The molecule has 1 aromatic carbocycles. The second kappa shape index (κ2) is 8.22. The number of hydrogen-bond donors (Lipinski definition) is 1. The van der Waals surface area contributed by atoms with Gasteiger partial charge in [0.15, 0.2) is 0 Å². The lowest BCUT2D eigenvalue weighted by Crippen LogP contribution is -2.33. The summed E-state index contributed by atoms with van der Waals surface area (Å²) in [5.41, 5.74) is 1.28. The maximum absolute atomic E-state index is 13.8. The van der Waals surface area contributed by atoms with Crippen LogP contribution in [0.4, 0.5) is 4.39 Å². The third-order valence-electron chi connectivity index (χ3n) is 5.61. The molecule has 2 aromatic rings. The molecule has 2 atom stereocenters. The molecule has 1 aliphatic carbocycles. The molecule has 1 aromatic heterocycles. The van der Waals surface area contributed by atoms with Gasteiger partial charge in [-0.25, -0.2) is 4.39 Å². The predicted octanol–water partition coefficient (Wildman–Crippen LogP) is 2.95. The number of aliphatic hydroxyl groups excluding tert-OH is 1. The SMILES string of the molecule is CCC1C=CC(S(=O)(=O)n2cc3c(n2)CN(C(=O)[C@@H](CO)c2cccc(F)c2Cl)C3)=C1. The largest absolute Gasteiger partial charge is 0.395 e.